The number of aromatic nitrogens is 4. The summed E-state index contributed by atoms with van der Waals surface area (Å²) in [5.41, 5.74) is 6.14. The van der Waals surface area contributed by atoms with Gasteiger partial charge in [-0.15, -0.1) is 0 Å². The summed E-state index contributed by atoms with van der Waals surface area (Å²) in [7, 11) is 1.77. The van der Waals surface area contributed by atoms with E-state index >= 15 is 0 Å². The van der Waals surface area contributed by atoms with Crippen LogP contribution in [-0.2, 0) is 11.3 Å². The van der Waals surface area contributed by atoms with Crippen LogP contribution in [0.4, 0.5) is 5.95 Å². The van der Waals surface area contributed by atoms with Gasteiger partial charge in [0.15, 0.2) is 0 Å². The molecule has 0 bridgehead atoms. The molecule has 110 valence electrons. The highest BCUT2D eigenvalue weighted by atomic mass is 16.2. The lowest BCUT2D eigenvalue weighted by Crippen LogP contribution is -2.26. The van der Waals surface area contributed by atoms with Crippen LogP contribution in [0.2, 0.25) is 0 Å². The SMILES string of the molecule is CN(CCCn1cccn1)C(=O)/C=C/c1cnc(N)nc1. The quantitative estimate of drug-likeness (QED) is 0.794. The average molecular weight is 286 g/mol. The van der Waals surface area contributed by atoms with Crippen LogP contribution in [0.3, 0.4) is 0 Å². The zero-order chi connectivity index (χ0) is 15.1. The zero-order valence-corrected chi connectivity index (χ0v) is 11.9. The Hall–Kier alpha value is -2.70. The molecule has 7 heteroatoms. The van der Waals surface area contributed by atoms with Crippen LogP contribution in [0.1, 0.15) is 12.0 Å². The number of nitrogens with zero attached hydrogens (tertiary/aromatic N) is 5. The fraction of sp³-hybridized carbons (Fsp3) is 0.286. The van der Waals surface area contributed by atoms with E-state index in [1.807, 2.05) is 16.9 Å². The number of rotatable bonds is 6. The van der Waals surface area contributed by atoms with Crippen LogP contribution in [-0.4, -0.2) is 44.1 Å². The third-order valence-corrected chi connectivity index (χ3v) is 2.93. The molecule has 2 rings (SSSR count). The Bertz CT molecular complexity index is 590. The van der Waals surface area contributed by atoms with E-state index in [2.05, 4.69) is 15.1 Å². The molecule has 2 heterocycles. The van der Waals surface area contributed by atoms with Crippen LogP contribution in [0.5, 0.6) is 0 Å². The van der Waals surface area contributed by atoms with Crippen molar-refractivity contribution in [3.05, 3.63) is 42.5 Å². The monoisotopic (exact) mass is 286 g/mol. The van der Waals surface area contributed by atoms with Gasteiger partial charge in [-0.1, -0.05) is 0 Å². The molecule has 2 aromatic rings. The number of anilines is 1. The number of carbonyl (C=O) groups is 1. The minimum absolute atomic E-state index is 0.0627. The molecule has 21 heavy (non-hydrogen) atoms. The lowest BCUT2D eigenvalue weighted by atomic mass is 10.3. The van der Waals surface area contributed by atoms with E-state index in [4.69, 9.17) is 5.73 Å². The highest BCUT2D eigenvalue weighted by Gasteiger charge is 2.04. The fourth-order valence-corrected chi connectivity index (χ4v) is 1.74. The Morgan fingerprint density at radius 2 is 2.19 bits per heavy atom. The number of amides is 1. The first kappa shape index (κ1) is 14.7. The molecule has 0 aliphatic rings. The minimum atomic E-state index is -0.0627. The molecule has 0 saturated heterocycles. The summed E-state index contributed by atoms with van der Waals surface area (Å²) >= 11 is 0. The highest BCUT2D eigenvalue weighted by molar-refractivity contribution is 5.91. The van der Waals surface area contributed by atoms with Crippen LogP contribution in [0.15, 0.2) is 36.9 Å². The van der Waals surface area contributed by atoms with Crippen molar-refractivity contribution in [2.75, 3.05) is 19.3 Å². The van der Waals surface area contributed by atoms with Gasteiger partial charge in [-0.2, -0.15) is 5.10 Å². The van der Waals surface area contributed by atoms with E-state index < -0.39 is 0 Å². The molecule has 0 unspecified atom stereocenters. The molecule has 0 atom stereocenters. The van der Waals surface area contributed by atoms with E-state index in [1.54, 1.807) is 36.6 Å². The van der Waals surface area contributed by atoms with Crippen molar-refractivity contribution in [3.63, 3.8) is 0 Å². The summed E-state index contributed by atoms with van der Waals surface area (Å²) in [4.78, 5) is 21.3. The third-order valence-electron chi connectivity index (χ3n) is 2.93. The summed E-state index contributed by atoms with van der Waals surface area (Å²) in [5, 5.41) is 4.12. The van der Waals surface area contributed by atoms with Crippen molar-refractivity contribution in [2.24, 2.45) is 0 Å². The summed E-state index contributed by atoms with van der Waals surface area (Å²) in [6, 6.07) is 1.88. The van der Waals surface area contributed by atoms with Gasteiger partial charge in [0.25, 0.3) is 0 Å². The number of aryl methyl sites for hydroxylation is 1. The second-order valence-electron chi connectivity index (χ2n) is 4.59. The molecular weight excluding hydrogens is 268 g/mol. The molecule has 0 aliphatic carbocycles. The van der Waals surface area contributed by atoms with Gasteiger partial charge in [-0.05, 0) is 18.6 Å². The Morgan fingerprint density at radius 3 is 2.86 bits per heavy atom. The summed E-state index contributed by atoms with van der Waals surface area (Å²) in [5.74, 6) is 0.154. The van der Waals surface area contributed by atoms with Crippen molar-refractivity contribution in [1.29, 1.82) is 0 Å². The lowest BCUT2D eigenvalue weighted by Gasteiger charge is -2.14. The normalized spacial score (nSPS) is 10.9. The molecule has 0 fully saturated rings. The molecular formula is C14H18N6O. The topological polar surface area (TPSA) is 89.9 Å². The Kier molecular flexibility index (Phi) is 5.03. The predicted molar refractivity (Wildman–Crippen MR) is 80.0 cm³/mol. The maximum Gasteiger partial charge on any atom is 0.246 e. The summed E-state index contributed by atoms with van der Waals surface area (Å²) in [6.07, 6.45) is 10.8. The van der Waals surface area contributed by atoms with Crippen molar-refractivity contribution < 1.29 is 4.79 Å². The average Bonchev–Trinajstić information content (AvgIpc) is 2.99. The molecule has 7 nitrogen and oxygen atoms in total. The van der Waals surface area contributed by atoms with Crippen LogP contribution >= 0.6 is 0 Å². The van der Waals surface area contributed by atoms with Gasteiger partial charge in [0.05, 0.1) is 0 Å². The highest BCUT2D eigenvalue weighted by Crippen LogP contribution is 2.01. The van der Waals surface area contributed by atoms with Crippen LogP contribution in [0, 0.1) is 0 Å². The Morgan fingerprint density at radius 1 is 1.43 bits per heavy atom. The van der Waals surface area contributed by atoms with Gasteiger partial charge in [-0.3, -0.25) is 9.48 Å². The first-order valence-corrected chi connectivity index (χ1v) is 6.63. The molecule has 0 aliphatic heterocycles. The number of carbonyl (C=O) groups excluding carboxylic acids is 1. The number of nitrogens with two attached hydrogens (primary N) is 1. The smallest absolute Gasteiger partial charge is 0.246 e. The standard InChI is InChI=1S/C14H18N6O/c1-19(7-3-9-20-8-2-6-18-20)13(21)5-4-12-10-16-14(15)17-11-12/h2,4-6,8,10-11H,3,7,9H2,1H3,(H2,15,16,17)/b5-4+. The summed E-state index contributed by atoms with van der Waals surface area (Å²) in [6.45, 7) is 1.46. The van der Waals surface area contributed by atoms with Crippen LogP contribution in [0.25, 0.3) is 6.08 Å². The molecule has 0 aromatic carbocycles. The van der Waals surface area contributed by atoms with Gasteiger partial charge >= 0.3 is 0 Å². The predicted octanol–water partition coefficient (Wildman–Crippen LogP) is 0.817. The minimum Gasteiger partial charge on any atom is -0.368 e. The maximum atomic E-state index is 11.9. The van der Waals surface area contributed by atoms with Gasteiger partial charge in [0, 0.05) is 56.6 Å². The van der Waals surface area contributed by atoms with E-state index in [9.17, 15) is 4.79 Å². The van der Waals surface area contributed by atoms with Gasteiger partial charge in [0.2, 0.25) is 11.9 Å². The molecule has 2 aromatic heterocycles. The van der Waals surface area contributed by atoms with Gasteiger partial charge < -0.3 is 10.6 Å². The second kappa shape index (κ2) is 7.18. The van der Waals surface area contributed by atoms with E-state index in [-0.39, 0.29) is 11.9 Å². The first-order valence-electron chi connectivity index (χ1n) is 6.63. The first-order chi connectivity index (χ1) is 10.1. The molecule has 1 amide bonds. The number of hydrogen-bond donors (Lipinski definition) is 1. The largest absolute Gasteiger partial charge is 0.368 e. The van der Waals surface area contributed by atoms with Crippen molar-refractivity contribution in [2.45, 2.75) is 13.0 Å². The second-order valence-corrected chi connectivity index (χ2v) is 4.59. The summed E-state index contributed by atoms with van der Waals surface area (Å²) < 4.78 is 1.85. The Balaban J connectivity index is 1.77. The van der Waals surface area contributed by atoms with Gasteiger partial charge in [-0.25, -0.2) is 9.97 Å². The number of likely N-dealkylation sites (N-methyl/N-ethyl adjacent to an activating group) is 1. The van der Waals surface area contributed by atoms with E-state index in [0.29, 0.717) is 6.54 Å². The number of nitrogen functional groups attached to an aromatic ring is 1. The number of hydrogen-bond acceptors (Lipinski definition) is 5. The lowest BCUT2D eigenvalue weighted by molar-refractivity contribution is -0.124. The third kappa shape index (κ3) is 4.72. The van der Waals surface area contributed by atoms with Crippen molar-refractivity contribution in [3.8, 4) is 0 Å². The van der Waals surface area contributed by atoms with E-state index in [1.165, 1.54) is 6.08 Å². The molecule has 0 saturated carbocycles. The van der Waals surface area contributed by atoms with Crippen LogP contribution < -0.4 is 5.73 Å². The molecule has 0 radical (unpaired) electrons. The fourth-order valence-electron chi connectivity index (χ4n) is 1.74. The maximum absolute atomic E-state index is 11.9. The zero-order valence-electron chi connectivity index (χ0n) is 11.9. The van der Waals surface area contributed by atoms with Crippen molar-refractivity contribution >= 4 is 17.9 Å². The molecule has 0 spiro atoms. The van der Waals surface area contributed by atoms with Gasteiger partial charge in [0.1, 0.15) is 0 Å². The van der Waals surface area contributed by atoms with E-state index in [0.717, 1.165) is 18.5 Å². The van der Waals surface area contributed by atoms with Crippen molar-refractivity contribution in [1.82, 2.24) is 24.6 Å². The Labute approximate surface area is 123 Å². The molecule has 2 N–H and O–H groups in total.